The third kappa shape index (κ3) is 5.32. The molecule has 172 valence electrons. The van der Waals surface area contributed by atoms with Crippen molar-refractivity contribution in [1.82, 2.24) is 14.8 Å². The third-order valence-electron chi connectivity index (χ3n) is 5.30. The number of nitrogens with one attached hydrogen (secondary N) is 1. The molecule has 6 nitrogen and oxygen atoms in total. The number of hydrogen-bond donors (Lipinski definition) is 2. The lowest BCUT2D eigenvalue weighted by Gasteiger charge is -2.15. The molecule has 0 aliphatic heterocycles. The van der Waals surface area contributed by atoms with Gasteiger partial charge in [0.2, 0.25) is 5.16 Å². The van der Waals surface area contributed by atoms with Gasteiger partial charge in [-0.15, -0.1) is 10.2 Å². The number of hydrogen-bond acceptors (Lipinski definition) is 6. The lowest BCUT2D eigenvalue weighted by atomic mass is 10.1. The second-order valence-corrected chi connectivity index (χ2v) is 8.64. The van der Waals surface area contributed by atoms with Crippen LogP contribution in [0.15, 0.2) is 132 Å². The first-order chi connectivity index (χ1) is 17.3. The van der Waals surface area contributed by atoms with Gasteiger partial charge in [0, 0.05) is 11.3 Å². The summed E-state index contributed by atoms with van der Waals surface area (Å²) in [6.07, 6.45) is -0.933. The first-order valence-electron chi connectivity index (χ1n) is 11.2. The van der Waals surface area contributed by atoms with E-state index in [4.69, 9.17) is 5.10 Å². The predicted octanol–water partition coefficient (Wildman–Crippen LogP) is 5.92. The molecule has 0 aliphatic carbocycles. The van der Waals surface area contributed by atoms with Crippen molar-refractivity contribution in [3.05, 3.63) is 138 Å². The molecule has 0 amide bonds. The van der Waals surface area contributed by atoms with Crippen LogP contribution in [0.3, 0.4) is 0 Å². The van der Waals surface area contributed by atoms with E-state index in [9.17, 15) is 5.11 Å². The quantitative estimate of drug-likeness (QED) is 0.132. The Bertz CT molecular complexity index is 1390. The molecular formula is C28H23N5OS. The van der Waals surface area contributed by atoms with Crippen molar-refractivity contribution in [2.45, 2.75) is 11.3 Å². The fraction of sp³-hybridized carbons (Fsp3) is 0.0357. The van der Waals surface area contributed by atoms with E-state index < -0.39 is 6.10 Å². The maximum atomic E-state index is 11.2. The van der Waals surface area contributed by atoms with Crippen LogP contribution in [0.5, 0.6) is 0 Å². The van der Waals surface area contributed by atoms with Gasteiger partial charge in [0.25, 0.3) is 0 Å². The van der Waals surface area contributed by atoms with Gasteiger partial charge in [0.1, 0.15) is 11.1 Å². The molecule has 1 heterocycles. The van der Waals surface area contributed by atoms with E-state index >= 15 is 0 Å². The SMILES string of the molecule is OC(c1ccccc1)c1nnc(SC(=NNc2ccccc2)c2ccccc2)n1-c1ccccc1. The highest BCUT2D eigenvalue weighted by Gasteiger charge is 2.23. The number of benzene rings is 4. The van der Waals surface area contributed by atoms with Gasteiger partial charge in [-0.1, -0.05) is 97.1 Å². The highest BCUT2D eigenvalue weighted by molar-refractivity contribution is 8.14. The number of thioether (sulfide) groups is 1. The molecule has 2 N–H and O–H groups in total. The van der Waals surface area contributed by atoms with E-state index in [0.29, 0.717) is 11.0 Å². The molecule has 1 unspecified atom stereocenters. The second kappa shape index (κ2) is 10.8. The summed E-state index contributed by atoms with van der Waals surface area (Å²) in [5.74, 6) is 0.438. The van der Waals surface area contributed by atoms with Gasteiger partial charge in [-0.3, -0.25) is 9.99 Å². The molecule has 1 atom stereocenters. The molecule has 0 saturated carbocycles. The Hall–Kier alpha value is -4.20. The van der Waals surface area contributed by atoms with Crippen molar-refractivity contribution in [1.29, 1.82) is 0 Å². The summed E-state index contributed by atoms with van der Waals surface area (Å²) >= 11 is 1.38. The number of aromatic nitrogens is 3. The average molecular weight is 478 g/mol. The van der Waals surface area contributed by atoms with Crippen LogP contribution in [0.2, 0.25) is 0 Å². The number of rotatable bonds is 7. The van der Waals surface area contributed by atoms with Crippen molar-refractivity contribution in [2.75, 3.05) is 5.43 Å². The summed E-state index contributed by atoms with van der Waals surface area (Å²) in [4.78, 5) is 0. The van der Waals surface area contributed by atoms with Crippen LogP contribution >= 0.6 is 11.8 Å². The van der Waals surface area contributed by atoms with Gasteiger partial charge >= 0.3 is 0 Å². The standard InChI is InChI=1S/C28H23N5OS/c34-25(21-13-5-1-6-14-21)26-30-32-28(33(26)24-19-11-4-12-20-24)35-27(22-15-7-2-8-16-22)31-29-23-17-9-3-10-18-23/h1-20,25,29,34H. The Morgan fingerprint density at radius 2 is 1.31 bits per heavy atom. The lowest BCUT2D eigenvalue weighted by molar-refractivity contribution is 0.207. The molecule has 4 aromatic carbocycles. The van der Waals surface area contributed by atoms with Crippen molar-refractivity contribution in [3.63, 3.8) is 0 Å². The molecule has 5 rings (SSSR count). The molecule has 0 bridgehead atoms. The molecule has 0 saturated heterocycles. The summed E-state index contributed by atoms with van der Waals surface area (Å²) in [7, 11) is 0. The normalized spacial score (nSPS) is 12.3. The summed E-state index contributed by atoms with van der Waals surface area (Å²) in [5.41, 5.74) is 6.56. The second-order valence-electron chi connectivity index (χ2n) is 7.69. The molecule has 1 aromatic heterocycles. The number of hydrazone groups is 1. The average Bonchev–Trinajstić information content (AvgIpc) is 3.36. The first-order valence-corrected chi connectivity index (χ1v) is 12.0. The summed E-state index contributed by atoms with van der Waals surface area (Å²) in [5, 5.41) is 26.1. The minimum atomic E-state index is -0.933. The van der Waals surface area contributed by atoms with Crippen LogP contribution in [-0.4, -0.2) is 24.9 Å². The lowest BCUT2D eigenvalue weighted by Crippen LogP contribution is -2.10. The van der Waals surface area contributed by atoms with Gasteiger partial charge in [-0.25, -0.2) is 0 Å². The monoisotopic (exact) mass is 477 g/mol. The third-order valence-corrected chi connectivity index (χ3v) is 6.27. The van der Waals surface area contributed by atoms with Gasteiger partial charge in [0.05, 0.1) is 5.69 Å². The fourth-order valence-electron chi connectivity index (χ4n) is 3.57. The van der Waals surface area contributed by atoms with Crippen LogP contribution < -0.4 is 5.43 Å². The fourth-order valence-corrected chi connectivity index (χ4v) is 4.46. The Morgan fingerprint density at radius 1 is 0.743 bits per heavy atom. The Kier molecular flexibility index (Phi) is 6.98. The molecule has 0 aliphatic rings. The molecule has 0 fully saturated rings. The molecule has 0 radical (unpaired) electrons. The predicted molar refractivity (Wildman–Crippen MR) is 141 cm³/mol. The highest BCUT2D eigenvalue weighted by atomic mass is 32.2. The van der Waals surface area contributed by atoms with Crippen LogP contribution in [0.25, 0.3) is 5.69 Å². The minimum absolute atomic E-state index is 0.438. The number of para-hydroxylation sites is 2. The number of anilines is 1. The maximum Gasteiger partial charge on any atom is 0.202 e. The van der Waals surface area contributed by atoms with Crippen molar-refractivity contribution >= 4 is 22.5 Å². The van der Waals surface area contributed by atoms with Gasteiger partial charge < -0.3 is 5.11 Å². The molecule has 7 heteroatoms. The van der Waals surface area contributed by atoms with Crippen LogP contribution in [0.4, 0.5) is 5.69 Å². The first kappa shape index (κ1) is 22.6. The van der Waals surface area contributed by atoms with Crippen LogP contribution in [0.1, 0.15) is 23.1 Å². The number of aliphatic hydroxyl groups is 1. The van der Waals surface area contributed by atoms with E-state index in [-0.39, 0.29) is 0 Å². The zero-order valence-corrected chi connectivity index (χ0v) is 19.6. The zero-order chi connectivity index (χ0) is 23.9. The van der Waals surface area contributed by atoms with E-state index in [1.54, 1.807) is 0 Å². The van der Waals surface area contributed by atoms with Crippen molar-refractivity contribution in [3.8, 4) is 5.69 Å². The molecule has 0 spiro atoms. The van der Waals surface area contributed by atoms with Crippen molar-refractivity contribution in [2.24, 2.45) is 5.10 Å². The Morgan fingerprint density at radius 3 is 1.97 bits per heavy atom. The smallest absolute Gasteiger partial charge is 0.202 e. The topological polar surface area (TPSA) is 75.3 Å². The Balaban J connectivity index is 1.56. The number of aliphatic hydroxyl groups excluding tert-OH is 1. The molecule has 35 heavy (non-hydrogen) atoms. The van der Waals surface area contributed by atoms with E-state index in [1.807, 2.05) is 126 Å². The van der Waals surface area contributed by atoms with E-state index in [1.165, 1.54) is 11.8 Å². The zero-order valence-electron chi connectivity index (χ0n) is 18.8. The largest absolute Gasteiger partial charge is 0.380 e. The van der Waals surface area contributed by atoms with Crippen molar-refractivity contribution < 1.29 is 5.11 Å². The van der Waals surface area contributed by atoms with E-state index in [2.05, 4.69) is 15.6 Å². The molecule has 5 aromatic rings. The molecular weight excluding hydrogens is 454 g/mol. The van der Waals surface area contributed by atoms with Crippen LogP contribution in [-0.2, 0) is 0 Å². The summed E-state index contributed by atoms with van der Waals surface area (Å²) in [6, 6.07) is 39.0. The number of nitrogens with zero attached hydrogens (tertiary/aromatic N) is 4. The summed E-state index contributed by atoms with van der Waals surface area (Å²) in [6.45, 7) is 0. The van der Waals surface area contributed by atoms with Gasteiger partial charge in [-0.05, 0) is 41.6 Å². The van der Waals surface area contributed by atoms with Crippen LogP contribution in [0, 0.1) is 0 Å². The van der Waals surface area contributed by atoms with Gasteiger partial charge in [0.15, 0.2) is 5.82 Å². The summed E-state index contributed by atoms with van der Waals surface area (Å²) < 4.78 is 1.88. The van der Waals surface area contributed by atoms with Gasteiger partial charge in [-0.2, -0.15) is 5.10 Å². The maximum absolute atomic E-state index is 11.2. The highest BCUT2D eigenvalue weighted by Crippen LogP contribution is 2.30. The van der Waals surface area contributed by atoms with E-state index in [0.717, 1.165) is 27.5 Å². The Labute approximate surface area is 208 Å². The minimum Gasteiger partial charge on any atom is -0.380 e.